The summed E-state index contributed by atoms with van der Waals surface area (Å²) in [6.07, 6.45) is -4.34. The van der Waals surface area contributed by atoms with Gasteiger partial charge in [0.05, 0.1) is 5.56 Å². The van der Waals surface area contributed by atoms with Crippen molar-refractivity contribution in [3.8, 4) is 22.3 Å². The summed E-state index contributed by atoms with van der Waals surface area (Å²) in [6, 6.07) is 29.2. The molecule has 0 N–H and O–H groups in total. The van der Waals surface area contributed by atoms with Crippen LogP contribution in [0.25, 0.3) is 22.3 Å². The molecule has 0 aliphatic carbocycles. The molecule has 4 heteroatoms. The minimum atomic E-state index is -4.34. The zero-order valence-electron chi connectivity index (χ0n) is 15.9. The molecule has 0 aliphatic heterocycles. The van der Waals surface area contributed by atoms with Crippen molar-refractivity contribution in [1.82, 2.24) is 0 Å². The minimum absolute atomic E-state index is 0.0280. The largest absolute Gasteiger partial charge is 0.416 e. The smallest absolute Gasteiger partial charge is 0.289 e. The van der Waals surface area contributed by atoms with E-state index in [2.05, 4.69) is 0 Å². The second-order valence-electron chi connectivity index (χ2n) is 6.92. The first-order chi connectivity index (χ1) is 14.4. The van der Waals surface area contributed by atoms with Gasteiger partial charge >= 0.3 is 6.18 Å². The highest BCUT2D eigenvalue weighted by atomic mass is 19.4. The number of ketones is 1. The highest BCUT2D eigenvalue weighted by molar-refractivity contribution is 6.09. The summed E-state index contributed by atoms with van der Waals surface area (Å²) in [5.74, 6) is -0.0280. The molecule has 4 aromatic rings. The third-order valence-corrected chi connectivity index (χ3v) is 4.95. The van der Waals surface area contributed by atoms with Gasteiger partial charge < -0.3 is 0 Å². The van der Waals surface area contributed by atoms with Crippen LogP contribution in [0, 0.1) is 0 Å². The molecule has 0 aromatic heterocycles. The van der Waals surface area contributed by atoms with Crippen LogP contribution in [0.15, 0.2) is 103 Å². The second kappa shape index (κ2) is 7.99. The van der Waals surface area contributed by atoms with E-state index in [1.165, 1.54) is 12.1 Å². The van der Waals surface area contributed by atoms with Crippen molar-refractivity contribution in [3.05, 3.63) is 120 Å². The summed E-state index contributed by atoms with van der Waals surface area (Å²) in [6.45, 7) is 0. The molecule has 30 heavy (non-hydrogen) atoms. The SMILES string of the molecule is O=C(c1ccccc1)c1ccc(-c2ccc(-c3ccc(C(F)(F)F)cc3)cc2)cc1. The van der Waals surface area contributed by atoms with E-state index in [0.717, 1.165) is 34.4 Å². The molecule has 0 fully saturated rings. The summed E-state index contributed by atoms with van der Waals surface area (Å²) in [4.78, 5) is 12.5. The number of benzene rings is 4. The van der Waals surface area contributed by atoms with E-state index in [1.54, 1.807) is 24.3 Å². The van der Waals surface area contributed by atoms with Crippen LogP contribution >= 0.6 is 0 Å². The second-order valence-corrected chi connectivity index (χ2v) is 6.92. The standard InChI is InChI=1S/C26H17F3O/c27-26(28,29)24-16-14-21(15-17-24)19-8-6-18(7-9-19)20-10-12-23(13-11-20)25(30)22-4-2-1-3-5-22/h1-17H. The van der Waals surface area contributed by atoms with E-state index in [9.17, 15) is 18.0 Å². The predicted octanol–water partition coefficient (Wildman–Crippen LogP) is 7.27. The molecule has 0 saturated heterocycles. The van der Waals surface area contributed by atoms with Crippen LogP contribution in [0.1, 0.15) is 21.5 Å². The van der Waals surface area contributed by atoms with Gasteiger partial charge in [0, 0.05) is 11.1 Å². The fraction of sp³-hybridized carbons (Fsp3) is 0.0385. The zero-order chi connectivity index (χ0) is 21.1. The molecule has 4 rings (SSSR count). The molecular formula is C26H17F3O. The first-order valence-electron chi connectivity index (χ1n) is 9.40. The Labute approximate surface area is 172 Å². The topological polar surface area (TPSA) is 17.1 Å². The van der Waals surface area contributed by atoms with Crippen molar-refractivity contribution >= 4 is 5.78 Å². The lowest BCUT2D eigenvalue weighted by Gasteiger charge is -2.09. The van der Waals surface area contributed by atoms with Gasteiger partial charge in [0.15, 0.2) is 5.78 Å². The molecule has 148 valence electrons. The quantitative estimate of drug-likeness (QED) is 0.328. The van der Waals surface area contributed by atoms with E-state index < -0.39 is 11.7 Å². The molecule has 0 radical (unpaired) electrons. The van der Waals surface area contributed by atoms with E-state index in [1.807, 2.05) is 54.6 Å². The maximum absolute atomic E-state index is 12.7. The van der Waals surface area contributed by atoms with E-state index in [0.29, 0.717) is 11.1 Å². The average molecular weight is 402 g/mol. The molecule has 0 heterocycles. The highest BCUT2D eigenvalue weighted by Gasteiger charge is 2.29. The van der Waals surface area contributed by atoms with Gasteiger partial charge in [-0.05, 0) is 34.4 Å². The summed E-state index contributed by atoms with van der Waals surface area (Å²) in [5, 5.41) is 0. The van der Waals surface area contributed by atoms with Crippen molar-refractivity contribution in [2.75, 3.05) is 0 Å². The molecule has 0 unspecified atom stereocenters. The lowest BCUT2D eigenvalue weighted by molar-refractivity contribution is -0.137. The van der Waals surface area contributed by atoms with Crippen LogP contribution in [-0.4, -0.2) is 5.78 Å². The molecular weight excluding hydrogens is 385 g/mol. The lowest BCUT2D eigenvalue weighted by atomic mass is 9.97. The Balaban J connectivity index is 1.52. The fourth-order valence-electron chi connectivity index (χ4n) is 3.28. The van der Waals surface area contributed by atoms with Crippen molar-refractivity contribution < 1.29 is 18.0 Å². The van der Waals surface area contributed by atoms with Crippen molar-refractivity contribution in [1.29, 1.82) is 0 Å². The number of carbonyl (C=O) groups excluding carboxylic acids is 1. The van der Waals surface area contributed by atoms with Crippen LogP contribution in [0.5, 0.6) is 0 Å². The van der Waals surface area contributed by atoms with Crippen LogP contribution in [0.3, 0.4) is 0 Å². The van der Waals surface area contributed by atoms with Gasteiger partial charge in [-0.3, -0.25) is 4.79 Å². The average Bonchev–Trinajstić information content (AvgIpc) is 2.79. The van der Waals surface area contributed by atoms with Gasteiger partial charge in [-0.25, -0.2) is 0 Å². The van der Waals surface area contributed by atoms with Crippen molar-refractivity contribution in [3.63, 3.8) is 0 Å². The van der Waals surface area contributed by atoms with E-state index in [-0.39, 0.29) is 5.78 Å². The summed E-state index contributed by atoms with van der Waals surface area (Å²) >= 11 is 0. The summed E-state index contributed by atoms with van der Waals surface area (Å²) in [5.41, 5.74) is 4.08. The number of carbonyl (C=O) groups is 1. The van der Waals surface area contributed by atoms with E-state index >= 15 is 0 Å². The number of hydrogen-bond acceptors (Lipinski definition) is 1. The van der Waals surface area contributed by atoms with Gasteiger partial charge in [0.25, 0.3) is 0 Å². The van der Waals surface area contributed by atoms with Crippen molar-refractivity contribution in [2.24, 2.45) is 0 Å². The molecule has 0 saturated carbocycles. The molecule has 0 bridgehead atoms. The molecule has 1 nitrogen and oxygen atoms in total. The number of rotatable bonds is 4. The first kappa shape index (κ1) is 19.6. The van der Waals surface area contributed by atoms with Gasteiger partial charge in [0.1, 0.15) is 0 Å². The Hall–Kier alpha value is -3.66. The number of hydrogen-bond donors (Lipinski definition) is 0. The Morgan fingerprint density at radius 2 is 0.867 bits per heavy atom. The monoisotopic (exact) mass is 402 g/mol. The summed E-state index contributed by atoms with van der Waals surface area (Å²) in [7, 11) is 0. The van der Waals surface area contributed by atoms with Crippen molar-refractivity contribution in [2.45, 2.75) is 6.18 Å². The van der Waals surface area contributed by atoms with Crippen LogP contribution in [0.2, 0.25) is 0 Å². The number of halogens is 3. The Bertz CT molecular complexity index is 1140. The molecule has 0 amide bonds. The van der Waals surface area contributed by atoms with Crippen LogP contribution < -0.4 is 0 Å². The highest BCUT2D eigenvalue weighted by Crippen LogP contribution is 2.31. The van der Waals surface area contributed by atoms with Gasteiger partial charge in [-0.15, -0.1) is 0 Å². The van der Waals surface area contributed by atoms with Crippen LogP contribution in [0.4, 0.5) is 13.2 Å². The lowest BCUT2D eigenvalue weighted by Crippen LogP contribution is -2.03. The molecule has 0 aliphatic rings. The van der Waals surface area contributed by atoms with E-state index in [4.69, 9.17) is 0 Å². The predicted molar refractivity (Wildman–Crippen MR) is 112 cm³/mol. The summed E-state index contributed by atoms with van der Waals surface area (Å²) < 4.78 is 38.1. The minimum Gasteiger partial charge on any atom is -0.289 e. The third kappa shape index (κ3) is 4.18. The fourth-order valence-corrected chi connectivity index (χ4v) is 3.28. The Morgan fingerprint density at radius 3 is 1.30 bits per heavy atom. The van der Waals surface area contributed by atoms with Gasteiger partial charge in [-0.1, -0.05) is 91.0 Å². The first-order valence-corrected chi connectivity index (χ1v) is 9.40. The van der Waals surface area contributed by atoms with Gasteiger partial charge in [0.2, 0.25) is 0 Å². The van der Waals surface area contributed by atoms with Gasteiger partial charge in [-0.2, -0.15) is 13.2 Å². The Morgan fingerprint density at radius 1 is 0.500 bits per heavy atom. The number of alkyl halides is 3. The third-order valence-electron chi connectivity index (χ3n) is 4.95. The molecule has 4 aromatic carbocycles. The van der Waals surface area contributed by atoms with Crippen LogP contribution in [-0.2, 0) is 6.18 Å². The molecule has 0 atom stereocenters. The maximum Gasteiger partial charge on any atom is 0.416 e. The molecule has 0 spiro atoms. The normalized spacial score (nSPS) is 11.3. The maximum atomic E-state index is 12.7. The Kier molecular flexibility index (Phi) is 5.23. The zero-order valence-corrected chi connectivity index (χ0v) is 15.9.